The van der Waals surface area contributed by atoms with Gasteiger partial charge in [0.05, 0.1) is 44.1 Å². The fraction of sp³-hybridized carbons (Fsp3) is 0.100. The first-order valence-electron chi connectivity index (χ1n) is 22.7. The van der Waals surface area contributed by atoms with Crippen LogP contribution < -0.4 is 0 Å². The maximum Gasteiger partial charge on any atom is 0.0641 e. The van der Waals surface area contributed by atoms with Gasteiger partial charge in [-0.3, -0.25) is 0 Å². The highest BCUT2D eigenvalue weighted by molar-refractivity contribution is 6.26. The summed E-state index contributed by atoms with van der Waals surface area (Å²) in [4.78, 5) is 0. The molecular formula is C60H46N4. The van der Waals surface area contributed by atoms with Gasteiger partial charge in [0.25, 0.3) is 0 Å². The second-order valence-corrected chi connectivity index (χ2v) is 18.2. The van der Waals surface area contributed by atoms with Crippen LogP contribution >= 0.6 is 0 Å². The summed E-state index contributed by atoms with van der Waals surface area (Å²) in [5.41, 5.74) is 17.0. The Labute approximate surface area is 371 Å². The highest BCUT2D eigenvalue weighted by atomic mass is 15.0. The molecule has 0 amide bonds. The zero-order valence-electron chi connectivity index (χ0n) is 36.4. The van der Waals surface area contributed by atoms with Gasteiger partial charge in [-0.15, -0.1) is 0 Å². The molecule has 4 heterocycles. The van der Waals surface area contributed by atoms with Crippen LogP contribution in [0, 0.1) is 0 Å². The van der Waals surface area contributed by atoms with Crippen LogP contribution in [0.25, 0.3) is 110 Å². The van der Waals surface area contributed by atoms with Crippen molar-refractivity contribution in [2.24, 2.45) is 0 Å². The molecule has 0 aliphatic carbocycles. The van der Waals surface area contributed by atoms with Gasteiger partial charge in [-0.2, -0.15) is 0 Å². The standard InChI is InChI=1S/C60H46N4/c1-37(2)39-16-14-20-42(32-39)62-52-25-11-9-23-46(52)50-35-58-51(36-57(50)62)49-34-44(28-30-55(49)63(58)43-21-15-17-40(33-43)38(3)4)61-54-27-13-10-24-48(54)59-56(61)31-29-47-45-22-8-12-26-53(45)64(60(47)59)41-18-6-5-7-19-41/h5-38H,1-4H3. The first-order valence-corrected chi connectivity index (χ1v) is 22.7. The third-order valence-electron chi connectivity index (χ3n) is 13.9. The minimum absolute atomic E-state index is 0.410. The average molecular weight is 823 g/mol. The van der Waals surface area contributed by atoms with Crippen LogP contribution in [-0.2, 0) is 0 Å². The Bertz CT molecular complexity index is 4020. The highest BCUT2D eigenvalue weighted by Gasteiger charge is 2.23. The van der Waals surface area contributed by atoms with Crippen molar-refractivity contribution in [3.8, 4) is 22.7 Å². The third-order valence-corrected chi connectivity index (χ3v) is 13.9. The molecule has 0 aliphatic rings. The van der Waals surface area contributed by atoms with Gasteiger partial charge < -0.3 is 18.3 Å². The molecule has 0 aliphatic heterocycles. The predicted molar refractivity (Wildman–Crippen MR) is 272 cm³/mol. The minimum Gasteiger partial charge on any atom is -0.309 e. The van der Waals surface area contributed by atoms with E-state index in [2.05, 4.69) is 240 Å². The van der Waals surface area contributed by atoms with Gasteiger partial charge in [0.1, 0.15) is 0 Å². The second-order valence-electron chi connectivity index (χ2n) is 18.2. The highest BCUT2D eigenvalue weighted by Crippen LogP contribution is 2.44. The number of aromatic nitrogens is 4. The third kappa shape index (κ3) is 5.23. The molecule has 0 spiro atoms. The van der Waals surface area contributed by atoms with Crippen molar-refractivity contribution in [2.75, 3.05) is 0 Å². The summed E-state index contributed by atoms with van der Waals surface area (Å²) < 4.78 is 9.94. The number of rotatable bonds is 6. The summed E-state index contributed by atoms with van der Waals surface area (Å²) in [5, 5.41) is 9.99. The van der Waals surface area contributed by atoms with Crippen molar-refractivity contribution >= 4 is 87.2 Å². The number of nitrogens with zero attached hydrogens (tertiary/aromatic N) is 4. The van der Waals surface area contributed by atoms with Crippen LogP contribution in [0.2, 0.25) is 0 Å². The van der Waals surface area contributed by atoms with Gasteiger partial charge in [-0.1, -0.05) is 131 Å². The van der Waals surface area contributed by atoms with Crippen molar-refractivity contribution in [1.29, 1.82) is 0 Å². The van der Waals surface area contributed by atoms with E-state index in [0.717, 1.165) is 11.4 Å². The SMILES string of the molecule is CC(C)c1cccc(-n2c3ccccc3c3cc4c(cc32)c2cc(-n3c5ccccc5c5c3ccc3c6ccccc6n(-c6ccccc6)c35)ccc2n4-c2cccc(C(C)C)c2)c1. The fourth-order valence-corrected chi connectivity index (χ4v) is 10.8. The molecular weight excluding hydrogens is 777 g/mol. The lowest BCUT2D eigenvalue weighted by Gasteiger charge is -2.13. The summed E-state index contributed by atoms with van der Waals surface area (Å²) in [5.74, 6) is 0.838. The molecule has 0 fully saturated rings. The lowest BCUT2D eigenvalue weighted by Crippen LogP contribution is -1.98. The van der Waals surface area contributed by atoms with E-state index in [1.165, 1.54) is 110 Å². The van der Waals surface area contributed by atoms with Crippen LogP contribution in [0.15, 0.2) is 194 Å². The van der Waals surface area contributed by atoms with E-state index in [4.69, 9.17) is 0 Å². The van der Waals surface area contributed by atoms with Crippen LogP contribution in [0.1, 0.15) is 50.7 Å². The first kappa shape index (κ1) is 36.8. The molecule has 0 bridgehead atoms. The molecule has 0 N–H and O–H groups in total. The molecule has 0 radical (unpaired) electrons. The molecule has 64 heavy (non-hydrogen) atoms. The summed E-state index contributed by atoms with van der Waals surface area (Å²) in [6.45, 7) is 9.11. The van der Waals surface area contributed by atoms with E-state index in [1.807, 2.05) is 0 Å². The van der Waals surface area contributed by atoms with Gasteiger partial charge in [0, 0.05) is 65.8 Å². The van der Waals surface area contributed by atoms with Crippen molar-refractivity contribution in [3.63, 3.8) is 0 Å². The summed E-state index contributed by atoms with van der Waals surface area (Å²) >= 11 is 0. The Morgan fingerprint density at radius 1 is 0.266 bits per heavy atom. The molecule has 0 saturated carbocycles. The number of hydrogen-bond donors (Lipinski definition) is 0. The summed E-state index contributed by atoms with van der Waals surface area (Å²) in [6.07, 6.45) is 0. The molecule has 306 valence electrons. The van der Waals surface area contributed by atoms with Crippen molar-refractivity contribution in [3.05, 3.63) is 205 Å². The largest absolute Gasteiger partial charge is 0.309 e. The van der Waals surface area contributed by atoms with E-state index in [9.17, 15) is 0 Å². The van der Waals surface area contributed by atoms with Crippen molar-refractivity contribution < 1.29 is 0 Å². The monoisotopic (exact) mass is 822 g/mol. The van der Waals surface area contributed by atoms with Crippen molar-refractivity contribution in [2.45, 2.75) is 39.5 Å². The maximum atomic E-state index is 2.50. The maximum absolute atomic E-state index is 2.50. The predicted octanol–water partition coefficient (Wildman–Crippen LogP) is 16.3. The molecule has 4 heteroatoms. The Kier molecular flexibility index (Phi) is 7.96. The molecule has 13 aromatic rings. The van der Waals surface area contributed by atoms with Crippen LogP contribution in [-0.4, -0.2) is 18.3 Å². The van der Waals surface area contributed by atoms with E-state index in [0.29, 0.717) is 11.8 Å². The normalized spacial score (nSPS) is 12.3. The smallest absolute Gasteiger partial charge is 0.0641 e. The van der Waals surface area contributed by atoms with Crippen LogP contribution in [0.4, 0.5) is 0 Å². The number of benzene rings is 9. The van der Waals surface area contributed by atoms with Gasteiger partial charge >= 0.3 is 0 Å². The van der Waals surface area contributed by atoms with Crippen LogP contribution in [0.3, 0.4) is 0 Å². The molecule has 13 rings (SSSR count). The second kappa shape index (κ2) is 13.8. The summed E-state index contributed by atoms with van der Waals surface area (Å²) in [6, 6.07) is 72.5. The molecule has 0 atom stereocenters. The van der Waals surface area contributed by atoms with Crippen molar-refractivity contribution in [1.82, 2.24) is 18.3 Å². The van der Waals surface area contributed by atoms with E-state index >= 15 is 0 Å². The Morgan fingerprint density at radius 2 is 0.703 bits per heavy atom. The number of hydrogen-bond acceptors (Lipinski definition) is 0. The Balaban J connectivity index is 1.14. The first-order chi connectivity index (χ1) is 31.4. The summed E-state index contributed by atoms with van der Waals surface area (Å²) in [7, 11) is 0. The lowest BCUT2D eigenvalue weighted by molar-refractivity contribution is 0.864. The zero-order valence-corrected chi connectivity index (χ0v) is 36.4. The molecule has 0 unspecified atom stereocenters. The Hall–Kier alpha value is -7.82. The molecule has 4 aromatic heterocycles. The topological polar surface area (TPSA) is 19.7 Å². The molecule has 9 aromatic carbocycles. The van der Waals surface area contributed by atoms with E-state index < -0.39 is 0 Å². The number of para-hydroxylation sites is 4. The average Bonchev–Trinajstić information content (AvgIpc) is 4.05. The zero-order chi connectivity index (χ0) is 42.8. The van der Waals surface area contributed by atoms with Gasteiger partial charge in [0.2, 0.25) is 0 Å². The quantitative estimate of drug-likeness (QED) is 0.159. The Morgan fingerprint density at radius 3 is 1.33 bits per heavy atom. The van der Waals surface area contributed by atoms with Gasteiger partial charge in [0.15, 0.2) is 0 Å². The van der Waals surface area contributed by atoms with E-state index in [-0.39, 0.29) is 0 Å². The lowest BCUT2D eigenvalue weighted by atomic mass is 10.0. The van der Waals surface area contributed by atoms with Crippen LogP contribution in [0.5, 0.6) is 0 Å². The molecule has 4 nitrogen and oxygen atoms in total. The molecule has 0 saturated heterocycles. The van der Waals surface area contributed by atoms with Gasteiger partial charge in [-0.25, -0.2) is 0 Å². The van der Waals surface area contributed by atoms with Gasteiger partial charge in [-0.05, 0) is 114 Å². The fourth-order valence-electron chi connectivity index (χ4n) is 10.8. The van der Waals surface area contributed by atoms with E-state index in [1.54, 1.807) is 0 Å². The minimum atomic E-state index is 0.410. The number of fused-ring (bicyclic) bond motifs is 13.